The van der Waals surface area contributed by atoms with E-state index in [9.17, 15) is 0 Å². The summed E-state index contributed by atoms with van der Waals surface area (Å²) in [6.07, 6.45) is 6.41. The maximum atomic E-state index is 5.97. The second-order valence-corrected chi connectivity index (χ2v) is 6.36. The Morgan fingerprint density at radius 1 is 1.21 bits per heavy atom. The number of nitrogens with zero attached hydrogens (tertiary/aromatic N) is 3. The second-order valence-electron chi connectivity index (χ2n) is 6.36. The van der Waals surface area contributed by atoms with Crippen LogP contribution in [0.15, 0.2) is 36.7 Å². The zero-order valence-corrected chi connectivity index (χ0v) is 14.6. The topological polar surface area (TPSA) is 39.5 Å². The minimum atomic E-state index is 0.575. The van der Waals surface area contributed by atoms with Gasteiger partial charge >= 0.3 is 0 Å². The molecule has 1 fully saturated rings. The maximum absolute atomic E-state index is 5.97. The number of benzene rings is 1. The van der Waals surface area contributed by atoms with Crippen molar-refractivity contribution in [2.24, 2.45) is 5.92 Å². The van der Waals surface area contributed by atoms with Crippen molar-refractivity contribution in [1.82, 2.24) is 14.5 Å². The highest BCUT2D eigenvalue weighted by Crippen LogP contribution is 2.21. The number of rotatable bonds is 7. The fraction of sp³-hybridized carbons (Fsp3) is 0.526. The zero-order chi connectivity index (χ0) is 16.8. The van der Waals surface area contributed by atoms with E-state index in [0.717, 1.165) is 50.1 Å². The maximum Gasteiger partial charge on any atom is 0.122 e. The van der Waals surface area contributed by atoms with E-state index in [2.05, 4.69) is 27.6 Å². The van der Waals surface area contributed by atoms with Gasteiger partial charge in [-0.1, -0.05) is 0 Å². The Balaban J connectivity index is 1.49. The number of piperidine rings is 1. The smallest absolute Gasteiger partial charge is 0.122 e. The lowest BCUT2D eigenvalue weighted by molar-refractivity contribution is 0.122. The minimum absolute atomic E-state index is 0.575. The van der Waals surface area contributed by atoms with Crippen LogP contribution in [0, 0.1) is 5.92 Å². The molecule has 0 amide bonds. The van der Waals surface area contributed by atoms with E-state index in [1.807, 2.05) is 30.5 Å². The zero-order valence-electron chi connectivity index (χ0n) is 14.6. The lowest BCUT2D eigenvalue weighted by Gasteiger charge is -2.32. The third-order valence-corrected chi connectivity index (χ3v) is 4.66. The molecule has 1 unspecified atom stereocenters. The molecule has 0 radical (unpaired) electrons. The summed E-state index contributed by atoms with van der Waals surface area (Å²) in [7, 11) is 1.68. The van der Waals surface area contributed by atoms with E-state index in [0.29, 0.717) is 5.92 Å². The van der Waals surface area contributed by atoms with Crippen molar-refractivity contribution in [3.63, 3.8) is 0 Å². The van der Waals surface area contributed by atoms with Gasteiger partial charge in [0.15, 0.2) is 0 Å². The predicted octanol–water partition coefficient (Wildman–Crippen LogP) is 3.20. The lowest BCUT2D eigenvalue weighted by atomic mass is 9.99. The van der Waals surface area contributed by atoms with Crippen molar-refractivity contribution in [3.8, 4) is 11.5 Å². The molecule has 24 heavy (non-hydrogen) atoms. The lowest BCUT2D eigenvalue weighted by Crippen LogP contribution is -2.37. The highest BCUT2D eigenvalue weighted by Gasteiger charge is 2.21. The van der Waals surface area contributed by atoms with Crippen molar-refractivity contribution in [2.75, 3.05) is 26.8 Å². The van der Waals surface area contributed by atoms with Crippen LogP contribution in [0.5, 0.6) is 11.5 Å². The highest BCUT2D eigenvalue weighted by molar-refractivity contribution is 5.31. The van der Waals surface area contributed by atoms with Crippen LogP contribution >= 0.6 is 0 Å². The van der Waals surface area contributed by atoms with Crippen LogP contribution in [-0.4, -0.2) is 41.3 Å². The number of hydrogen-bond acceptors (Lipinski definition) is 4. The van der Waals surface area contributed by atoms with E-state index in [-0.39, 0.29) is 0 Å². The Hall–Kier alpha value is -2.01. The molecular weight excluding hydrogens is 302 g/mol. The molecule has 130 valence electrons. The second kappa shape index (κ2) is 8.20. The summed E-state index contributed by atoms with van der Waals surface area (Å²) in [5, 5.41) is 0. The van der Waals surface area contributed by atoms with Gasteiger partial charge in [-0.25, -0.2) is 4.98 Å². The summed E-state index contributed by atoms with van der Waals surface area (Å²) >= 11 is 0. The largest absolute Gasteiger partial charge is 0.497 e. The molecular formula is C19H27N3O2. The molecule has 1 atom stereocenters. The molecule has 3 rings (SSSR count). The summed E-state index contributed by atoms with van der Waals surface area (Å²) in [5.41, 5.74) is 0. The molecule has 0 spiro atoms. The first-order valence-electron chi connectivity index (χ1n) is 8.77. The fourth-order valence-electron chi connectivity index (χ4n) is 3.30. The van der Waals surface area contributed by atoms with E-state index < -0.39 is 0 Å². The van der Waals surface area contributed by atoms with Gasteiger partial charge in [0.2, 0.25) is 0 Å². The van der Waals surface area contributed by atoms with Gasteiger partial charge in [0, 0.05) is 31.4 Å². The normalized spacial score (nSPS) is 18.5. The monoisotopic (exact) mass is 329 g/mol. The Bertz CT molecular complexity index is 624. The fourth-order valence-corrected chi connectivity index (χ4v) is 3.30. The van der Waals surface area contributed by atoms with Gasteiger partial charge in [0.05, 0.1) is 20.3 Å². The van der Waals surface area contributed by atoms with Gasteiger partial charge in [0.25, 0.3) is 0 Å². The third kappa shape index (κ3) is 4.29. The van der Waals surface area contributed by atoms with E-state index in [1.165, 1.54) is 12.8 Å². The molecule has 0 saturated carbocycles. The highest BCUT2D eigenvalue weighted by atomic mass is 16.5. The number of hydrogen-bond donors (Lipinski definition) is 0. The SMILES string of the molecule is CCn1ccnc1CN1CCCC(COc2ccc(OC)cc2)C1. The van der Waals surface area contributed by atoms with Crippen molar-refractivity contribution in [2.45, 2.75) is 32.9 Å². The number of likely N-dealkylation sites (tertiary alicyclic amines) is 1. The standard InChI is InChI=1S/C19H27N3O2/c1-3-22-12-10-20-19(22)14-21-11-4-5-16(13-21)15-24-18-8-6-17(23-2)7-9-18/h6-10,12,16H,3-5,11,13-15H2,1-2H3. The van der Waals surface area contributed by atoms with Gasteiger partial charge < -0.3 is 14.0 Å². The molecule has 0 N–H and O–H groups in total. The van der Waals surface area contributed by atoms with Crippen LogP contribution in [-0.2, 0) is 13.1 Å². The molecule has 0 aliphatic carbocycles. The first kappa shape index (κ1) is 16.8. The first-order valence-corrected chi connectivity index (χ1v) is 8.77. The Labute approximate surface area is 144 Å². The molecule has 1 aliphatic heterocycles. The Morgan fingerprint density at radius 2 is 2.00 bits per heavy atom. The molecule has 5 nitrogen and oxygen atoms in total. The van der Waals surface area contributed by atoms with Gasteiger partial charge in [-0.2, -0.15) is 0 Å². The van der Waals surface area contributed by atoms with Crippen LogP contribution in [0.2, 0.25) is 0 Å². The Kier molecular flexibility index (Phi) is 5.75. The Morgan fingerprint density at radius 3 is 2.75 bits per heavy atom. The summed E-state index contributed by atoms with van der Waals surface area (Å²) in [6.45, 7) is 7.06. The number of aromatic nitrogens is 2. The summed E-state index contributed by atoms with van der Waals surface area (Å²) in [5.74, 6) is 3.51. The average Bonchev–Trinajstić information content (AvgIpc) is 3.08. The van der Waals surface area contributed by atoms with E-state index >= 15 is 0 Å². The minimum Gasteiger partial charge on any atom is -0.497 e. The number of methoxy groups -OCH3 is 1. The summed E-state index contributed by atoms with van der Waals surface area (Å²) in [4.78, 5) is 6.99. The quantitative estimate of drug-likeness (QED) is 0.782. The van der Waals surface area contributed by atoms with Crippen LogP contribution < -0.4 is 9.47 Å². The summed E-state index contributed by atoms with van der Waals surface area (Å²) in [6, 6.07) is 7.81. The number of imidazole rings is 1. The van der Waals surface area contributed by atoms with Crippen molar-refractivity contribution < 1.29 is 9.47 Å². The first-order chi connectivity index (χ1) is 11.8. The van der Waals surface area contributed by atoms with Crippen LogP contribution in [0.4, 0.5) is 0 Å². The van der Waals surface area contributed by atoms with Crippen LogP contribution in [0.3, 0.4) is 0 Å². The molecule has 2 heterocycles. The molecule has 1 aromatic heterocycles. The van der Waals surface area contributed by atoms with E-state index in [4.69, 9.17) is 9.47 Å². The molecule has 1 aromatic carbocycles. The van der Waals surface area contributed by atoms with Crippen molar-refractivity contribution in [3.05, 3.63) is 42.5 Å². The third-order valence-electron chi connectivity index (χ3n) is 4.66. The van der Waals surface area contributed by atoms with Crippen molar-refractivity contribution >= 4 is 0 Å². The van der Waals surface area contributed by atoms with Gasteiger partial charge in [-0.3, -0.25) is 4.90 Å². The molecule has 1 saturated heterocycles. The molecule has 1 aliphatic rings. The van der Waals surface area contributed by atoms with E-state index in [1.54, 1.807) is 7.11 Å². The van der Waals surface area contributed by atoms with Gasteiger partial charge in [-0.05, 0) is 50.6 Å². The van der Waals surface area contributed by atoms with Gasteiger partial charge in [-0.15, -0.1) is 0 Å². The van der Waals surface area contributed by atoms with Crippen LogP contribution in [0.25, 0.3) is 0 Å². The molecule has 2 aromatic rings. The molecule has 0 bridgehead atoms. The van der Waals surface area contributed by atoms with Crippen LogP contribution in [0.1, 0.15) is 25.6 Å². The number of ether oxygens (including phenoxy) is 2. The predicted molar refractivity (Wildman–Crippen MR) is 94.4 cm³/mol. The number of aryl methyl sites for hydroxylation is 1. The van der Waals surface area contributed by atoms with Gasteiger partial charge in [0.1, 0.15) is 17.3 Å². The molecule has 5 heteroatoms. The van der Waals surface area contributed by atoms with Crippen molar-refractivity contribution in [1.29, 1.82) is 0 Å². The average molecular weight is 329 g/mol. The summed E-state index contributed by atoms with van der Waals surface area (Å²) < 4.78 is 13.4.